The maximum atomic E-state index is 13.7. The second kappa shape index (κ2) is 5.18. The number of rotatable bonds is 2. The molecule has 0 saturated heterocycles. The molecule has 0 radical (unpaired) electrons. The Morgan fingerprint density at radius 1 is 1.41 bits per heavy atom. The smallest absolute Gasteiger partial charge is 0.147 e. The van der Waals surface area contributed by atoms with Crippen molar-refractivity contribution in [2.75, 3.05) is 5.32 Å². The Bertz CT molecular complexity index is 436. The van der Waals surface area contributed by atoms with E-state index in [1.807, 2.05) is 6.07 Å². The average Bonchev–Trinajstić information content (AvgIpc) is 2.32. The van der Waals surface area contributed by atoms with E-state index in [9.17, 15) is 4.39 Å². The largest absolute Gasteiger partial charge is 0.380 e. The van der Waals surface area contributed by atoms with Crippen LogP contribution in [-0.2, 0) is 0 Å². The molecular weight excluding hydrogens is 215 g/mol. The van der Waals surface area contributed by atoms with Crippen LogP contribution in [0.1, 0.15) is 38.2 Å². The zero-order valence-corrected chi connectivity index (χ0v) is 10.0. The minimum absolute atomic E-state index is 0.331. The molecule has 0 spiro atoms. The molecular formula is C14H17FN2. The Morgan fingerprint density at radius 3 is 2.88 bits per heavy atom. The van der Waals surface area contributed by atoms with Gasteiger partial charge in [0.15, 0.2) is 0 Å². The number of hydrogen-bond donors (Lipinski definition) is 1. The van der Waals surface area contributed by atoms with Gasteiger partial charge in [-0.3, -0.25) is 0 Å². The third-order valence-electron chi connectivity index (χ3n) is 3.39. The van der Waals surface area contributed by atoms with E-state index in [0.717, 1.165) is 12.8 Å². The summed E-state index contributed by atoms with van der Waals surface area (Å²) in [5.74, 6) is 0.380. The lowest BCUT2D eigenvalue weighted by atomic mass is 9.87. The van der Waals surface area contributed by atoms with Gasteiger partial charge in [0.2, 0.25) is 0 Å². The van der Waals surface area contributed by atoms with Crippen LogP contribution in [0.4, 0.5) is 10.1 Å². The molecule has 1 aliphatic carbocycles. The fraction of sp³-hybridized carbons (Fsp3) is 0.500. The van der Waals surface area contributed by atoms with Crippen molar-refractivity contribution in [2.45, 2.75) is 38.6 Å². The maximum Gasteiger partial charge on any atom is 0.147 e. The third-order valence-corrected chi connectivity index (χ3v) is 3.39. The highest BCUT2D eigenvalue weighted by atomic mass is 19.1. The molecule has 0 aliphatic heterocycles. The number of nitrogens with zero attached hydrogens (tertiary/aromatic N) is 1. The lowest BCUT2D eigenvalue weighted by Crippen LogP contribution is -2.26. The van der Waals surface area contributed by atoms with Crippen molar-refractivity contribution in [1.82, 2.24) is 0 Å². The first-order chi connectivity index (χ1) is 8.19. The normalized spacial score (nSPS) is 24.1. The van der Waals surface area contributed by atoms with E-state index in [0.29, 0.717) is 23.2 Å². The predicted molar refractivity (Wildman–Crippen MR) is 66.2 cm³/mol. The Labute approximate surface area is 101 Å². The van der Waals surface area contributed by atoms with Crippen molar-refractivity contribution in [1.29, 1.82) is 5.26 Å². The number of nitrogens with one attached hydrogen (secondary N) is 1. The van der Waals surface area contributed by atoms with Gasteiger partial charge >= 0.3 is 0 Å². The fourth-order valence-electron chi connectivity index (χ4n) is 2.49. The average molecular weight is 232 g/mol. The molecule has 3 heteroatoms. The molecule has 1 saturated carbocycles. The molecule has 1 aromatic rings. The Balaban J connectivity index is 2.06. The van der Waals surface area contributed by atoms with E-state index in [4.69, 9.17) is 5.26 Å². The molecule has 2 atom stereocenters. The quantitative estimate of drug-likeness (QED) is 0.844. The summed E-state index contributed by atoms with van der Waals surface area (Å²) in [6.45, 7) is 2.24. The molecule has 2 rings (SSSR count). The second-order valence-corrected chi connectivity index (χ2v) is 4.92. The van der Waals surface area contributed by atoms with Gasteiger partial charge in [-0.25, -0.2) is 4.39 Å². The predicted octanol–water partition coefficient (Wildman–Crippen LogP) is 3.69. The summed E-state index contributed by atoms with van der Waals surface area (Å²) in [7, 11) is 0. The molecule has 90 valence electrons. The summed E-state index contributed by atoms with van der Waals surface area (Å²) in [6.07, 6.45) is 4.67. The lowest BCUT2D eigenvalue weighted by molar-refractivity contribution is 0.358. The lowest BCUT2D eigenvalue weighted by Gasteiger charge is -2.28. The highest BCUT2D eigenvalue weighted by Crippen LogP contribution is 2.27. The van der Waals surface area contributed by atoms with Crippen LogP contribution in [0.2, 0.25) is 0 Å². The second-order valence-electron chi connectivity index (χ2n) is 4.92. The van der Waals surface area contributed by atoms with Gasteiger partial charge in [0.25, 0.3) is 0 Å². The van der Waals surface area contributed by atoms with Gasteiger partial charge in [-0.15, -0.1) is 0 Å². The first-order valence-electron chi connectivity index (χ1n) is 6.15. The number of anilines is 1. The van der Waals surface area contributed by atoms with Gasteiger partial charge in [0, 0.05) is 6.04 Å². The van der Waals surface area contributed by atoms with Gasteiger partial charge < -0.3 is 5.32 Å². The maximum absolute atomic E-state index is 13.7. The van der Waals surface area contributed by atoms with Crippen molar-refractivity contribution in [3.8, 4) is 6.07 Å². The minimum atomic E-state index is -0.331. The van der Waals surface area contributed by atoms with Crippen LogP contribution in [0.15, 0.2) is 18.2 Å². The highest BCUT2D eigenvalue weighted by Gasteiger charge is 2.19. The zero-order valence-electron chi connectivity index (χ0n) is 10.0. The van der Waals surface area contributed by atoms with Crippen LogP contribution in [0.5, 0.6) is 0 Å². The van der Waals surface area contributed by atoms with Crippen molar-refractivity contribution in [3.05, 3.63) is 29.6 Å². The van der Waals surface area contributed by atoms with E-state index < -0.39 is 0 Å². The third kappa shape index (κ3) is 2.97. The van der Waals surface area contributed by atoms with E-state index >= 15 is 0 Å². The molecule has 1 N–H and O–H groups in total. The van der Waals surface area contributed by atoms with Crippen LogP contribution in [0.3, 0.4) is 0 Å². The van der Waals surface area contributed by atoms with E-state index in [-0.39, 0.29) is 5.82 Å². The first kappa shape index (κ1) is 11.9. The Kier molecular flexibility index (Phi) is 3.63. The molecule has 0 aromatic heterocycles. The molecule has 1 aliphatic rings. The van der Waals surface area contributed by atoms with Gasteiger partial charge in [-0.05, 0) is 37.0 Å². The van der Waals surface area contributed by atoms with Crippen molar-refractivity contribution >= 4 is 5.69 Å². The van der Waals surface area contributed by atoms with Crippen LogP contribution in [-0.4, -0.2) is 6.04 Å². The van der Waals surface area contributed by atoms with Crippen LogP contribution < -0.4 is 5.32 Å². The van der Waals surface area contributed by atoms with Gasteiger partial charge in [0.05, 0.1) is 17.3 Å². The standard InChI is InChI=1S/C14H17FN2/c1-10-3-2-4-12(7-10)17-14-6-5-11(9-16)8-13(14)15/h5-6,8,10,12,17H,2-4,7H2,1H3. The monoisotopic (exact) mass is 232 g/mol. The zero-order chi connectivity index (χ0) is 12.3. The minimum Gasteiger partial charge on any atom is -0.380 e. The molecule has 17 heavy (non-hydrogen) atoms. The Hall–Kier alpha value is -1.56. The van der Waals surface area contributed by atoms with E-state index in [1.165, 1.54) is 18.9 Å². The summed E-state index contributed by atoms with van der Waals surface area (Å²) in [4.78, 5) is 0. The molecule has 2 unspecified atom stereocenters. The Morgan fingerprint density at radius 2 is 2.24 bits per heavy atom. The van der Waals surface area contributed by atoms with Gasteiger partial charge in [-0.1, -0.05) is 19.8 Å². The van der Waals surface area contributed by atoms with Gasteiger partial charge in [0.1, 0.15) is 5.82 Å². The number of nitriles is 1. The van der Waals surface area contributed by atoms with Crippen LogP contribution >= 0.6 is 0 Å². The number of benzene rings is 1. The van der Waals surface area contributed by atoms with E-state index in [1.54, 1.807) is 12.1 Å². The summed E-state index contributed by atoms with van der Waals surface area (Å²) < 4.78 is 13.7. The summed E-state index contributed by atoms with van der Waals surface area (Å²) in [5.41, 5.74) is 0.883. The topological polar surface area (TPSA) is 35.8 Å². The molecule has 2 nitrogen and oxygen atoms in total. The molecule has 1 fully saturated rings. The van der Waals surface area contributed by atoms with E-state index in [2.05, 4.69) is 12.2 Å². The van der Waals surface area contributed by atoms with Crippen molar-refractivity contribution in [3.63, 3.8) is 0 Å². The van der Waals surface area contributed by atoms with Gasteiger partial charge in [-0.2, -0.15) is 5.26 Å². The van der Waals surface area contributed by atoms with Crippen LogP contribution in [0, 0.1) is 23.1 Å². The van der Waals surface area contributed by atoms with Crippen molar-refractivity contribution in [2.24, 2.45) is 5.92 Å². The SMILES string of the molecule is CC1CCCC(Nc2ccc(C#N)cc2F)C1. The summed E-state index contributed by atoms with van der Waals surface area (Å²) in [6, 6.07) is 6.90. The molecule has 0 amide bonds. The summed E-state index contributed by atoms with van der Waals surface area (Å²) >= 11 is 0. The number of hydrogen-bond acceptors (Lipinski definition) is 2. The summed E-state index contributed by atoms with van der Waals surface area (Å²) in [5, 5.41) is 11.9. The molecule has 0 heterocycles. The molecule has 1 aromatic carbocycles. The fourth-order valence-corrected chi connectivity index (χ4v) is 2.49. The first-order valence-corrected chi connectivity index (χ1v) is 6.15. The highest BCUT2D eigenvalue weighted by molar-refractivity contribution is 5.49. The van der Waals surface area contributed by atoms with Crippen LogP contribution in [0.25, 0.3) is 0 Å². The number of halogens is 1. The van der Waals surface area contributed by atoms with Crippen molar-refractivity contribution < 1.29 is 4.39 Å². The molecule has 0 bridgehead atoms.